The van der Waals surface area contributed by atoms with Crippen molar-refractivity contribution < 1.29 is 0 Å². The third-order valence-electron chi connectivity index (χ3n) is 2.97. The van der Waals surface area contributed by atoms with Crippen LogP contribution in [0.15, 0.2) is 18.2 Å². The van der Waals surface area contributed by atoms with Crippen molar-refractivity contribution in [3.8, 4) is 0 Å². The first-order valence-corrected chi connectivity index (χ1v) is 7.72. The Hall–Kier alpha value is -0.610. The van der Waals surface area contributed by atoms with Gasteiger partial charge in [0.25, 0.3) is 0 Å². The highest BCUT2D eigenvalue weighted by atomic mass is 35.5. The Morgan fingerprint density at radius 2 is 2.05 bits per heavy atom. The van der Waals surface area contributed by atoms with Crippen LogP contribution in [0.3, 0.4) is 0 Å². The van der Waals surface area contributed by atoms with E-state index in [1.165, 1.54) is 4.88 Å². The molecule has 0 amide bonds. The molecule has 102 valence electrons. The molecule has 2 aromatic rings. The second-order valence-corrected chi connectivity index (χ2v) is 6.43. The van der Waals surface area contributed by atoms with E-state index in [2.05, 4.69) is 24.1 Å². The van der Waals surface area contributed by atoms with Gasteiger partial charge in [-0.05, 0) is 44.2 Å². The van der Waals surface area contributed by atoms with E-state index >= 15 is 0 Å². The van der Waals surface area contributed by atoms with E-state index in [4.69, 9.17) is 23.2 Å². The van der Waals surface area contributed by atoms with E-state index in [0.717, 1.165) is 22.8 Å². The van der Waals surface area contributed by atoms with Gasteiger partial charge in [-0.15, -0.1) is 11.3 Å². The van der Waals surface area contributed by atoms with Crippen LogP contribution < -0.4 is 5.32 Å². The maximum atomic E-state index is 6.30. The predicted octanol–water partition coefficient (Wildman–Crippen LogP) is 4.77. The molecule has 0 aliphatic rings. The molecule has 0 spiro atoms. The first kappa shape index (κ1) is 14.8. The zero-order chi connectivity index (χ0) is 14.0. The summed E-state index contributed by atoms with van der Waals surface area (Å²) < 4.78 is 0. The highest BCUT2D eigenvalue weighted by Crippen LogP contribution is 2.33. The average Bonchev–Trinajstić information content (AvgIpc) is 2.70. The fourth-order valence-electron chi connectivity index (χ4n) is 1.89. The summed E-state index contributed by atoms with van der Waals surface area (Å²) in [6, 6.07) is 5.53. The van der Waals surface area contributed by atoms with Crippen molar-refractivity contribution in [2.45, 2.75) is 26.8 Å². The van der Waals surface area contributed by atoms with Gasteiger partial charge in [-0.3, -0.25) is 0 Å². The number of aromatic nitrogens is 1. The van der Waals surface area contributed by atoms with E-state index in [-0.39, 0.29) is 6.04 Å². The van der Waals surface area contributed by atoms with Crippen LogP contribution in [0.25, 0.3) is 0 Å². The molecule has 0 radical (unpaired) electrons. The summed E-state index contributed by atoms with van der Waals surface area (Å²) in [6.07, 6.45) is 0. The summed E-state index contributed by atoms with van der Waals surface area (Å²) in [4.78, 5) is 5.86. The van der Waals surface area contributed by atoms with E-state index < -0.39 is 0 Å². The fourth-order valence-corrected chi connectivity index (χ4v) is 3.32. The fraction of sp³-hybridized carbons (Fsp3) is 0.357. The van der Waals surface area contributed by atoms with Gasteiger partial charge in [0, 0.05) is 14.9 Å². The lowest BCUT2D eigenvalue weighted by atomic mass is 10.1. The van der Waals surface area contributed by atoms with E-state index in [0.29, 0.717) is 10.0 Å². The van der Waals surface area contributed by atoms with Gasteiger partial charge >= 0.3 is 0 Å². The van der Waals surface area contributed by atoms with Crippen LogP contribution in [0.1, 0.15) is 34.1 Å². The van der Waals surface area contributed by atoms with Crippen LogP contribution in [0.5, 0.6) is 0 Å². The number of halogens is 2. The number of rotatable bonds is 4. The van der Waals surface area contributed by atoms with Gasteiger partial charge < -0.3 is 5.32 Å². The van der Waals surface area contributed by atoms with Crippen molar-refractivity contribution in [2.75, 3.05) is 6.54 Å². The molecule has 0 bridgehead atoms. The van der Waals surface area contributed by atoms with E-state index in [1.807, 2.05) is 19.1 Å². The molecule has 1 N–H and O–H groups in total. The molecule has 0 fully saturated rings. The van der Waals surface area contributed by atoms with Gasteiger partial charge in [0.2, 0.25) is 0 Å². The SMILES string of the molecule is CCNC(c1nc(C)c(C)s1)c1cc(Cl)ccc1Cl. The molecule has 1 heterocycles. The van der Waals surface area contributed by atoms with Gasteiger partial charge in [0.05, 0.1) is 11.7 Å². The second-order valence-electron chi connectivity index (χ2n) is 4.35. The van der Waals surface area contributed by atoms with E-state index in [9.17, 15) is 0 Å². The molecule has 0 aliphatic carbocycles. The third-order valence-corrected chi connectivity index (χ3v) is 4.69. The summed E-state index contributed by atoms with van der Waals surface area (Å²) in [5.74, 6) is 0. The Morgan fingerprint density at radius 1 is 1.32 bits per heavy atom. The monoisotopic (exact) mass is 314 g/mol. The van der Waals surface area contributed by atoms with Gasteiger partial charge in [0.15, 0.2) is 0 Å². The van der Waals surface area contributed by atoms with Crippen molar-refractivity contribution in [1.82, 2.24) is 10.3 Å². The molecule has 0 saturated carbocycles. The lowest BCUT2D eigenvalue weighted by Gasteiger charge is -2.17. The van der Waals surface area contributed by atoms with Crippen molar-refractivity contribution in [1.29, 1.82) is 0 Å². The molecule has 0 saturated heterocycles. The summed E-state index contributed by atoms with van der Waals surface area (Å²) >= 11 is 14.1. The molecule has 2 rings (SSSR count). The molecule has 5 heteroatoms. The lowest BCUT2D eigenvalue weighted by Crippen LogP contribution is -2.22. The van der Waals surface area contributed by atoms with Crippen LogP contribution in [-0.4, -0.2) is 11.5 Å². The smallest absolute Gasteiger partial charge is 0.115 e. The van der Waals surface area contributed by atoms with Crippen LogP contribution >= 0.6 is 34.5 Å². The van der Waals surface area contributed by atoms with Crippen molar-refractivity contribution in [3.05, 3.63) is 49.4 Å². The normalized spacial score (nSPS) is 12.7. The molecule has 1 aromatic heterocycles. The molecule has 0 aliphatic heterocycles. The number of nitrogens with zero attached hydrogens (tertiary/aromatic N) is 1. The standard InChI is InChI=1S/C14H16Cl2N2S/c1-4-17-13(14-18-8(2)9(3)19-14)11-7-10(15)5-6-12(11)16/h5-7,13,17H,4H2,1-3H3. The van der Waals surface area contributed by atoms with Crippen molar-refractivity contribution in [3.63, 3.8) is 0 Å². The third kappa shape index (κ3) is 3.29. The highest BCUT2D eigenvalue weighted by Gasteiger charge is 2.20. The number of hydrogen-bond donors (Lipinski definition) is 1. The summed E-state index contributed by atoms with van der Waals surface area (Å²) in [7, 11) is 0. The zero-order valence-corrected chi connectivity index (χ0v) is 13.5. The van der Waals surface area contributed by atoms with Gasteiger partial charge in [-0.2, -0.15) is 0 Å². The lowest BCUT2D eigenvalue weighted by molar-refractivity contribution is 0.626. The van der Waals surface area contributed by atoms with Gasteiger partial charge in [-0.1, -0.05) is 30.1 Å². The number of nitrogens with one attached hydrogen (secondary N) is 1. The minimum absolute atomic E-state index is 0.00593. The van der Waals surface area contributed by atoms with Crippen molar-refractivity contribution in [2.24, 2.45) is 0 Å². The van der Waals surface area contributed by atoms with Crippen LogP contribution in [-0.2, 0) is 0 Å². The Kier molecular flexibility index (Phi) is 4.85. The molecule has 2 nitrogen and oxygen atoms in total. The number of benzene rings is 1. The molecular formula is C14H16Cl2N2S. The number of thiazole rings is 1. The summed E-state index contributed by atoms with van der Waals surface area (Å²) in [5, 5.41) is 5.85. The van der Waals surface area contributed by atoms with Gasteiger partial charge in [-0.25, -0.2) is 4.98 Å². The van der Waals surface area contributed by atoms with Crippen molar-refractivity contribution >= 4 is 34.5 Å². The molecular weight excluding hydrogens is 299 g/mol. The molecule has 1 aromatic carbocycles. The van der Waals surface area contributed by atoms with E-state index in [1.54, 1.807) is 17.4 Å². The second kappa shape index (κ2) is 6.23. The predicted molar refractivity (Wildman–Crippen MR) is 83.6 cm³/mol. The minimum atomic E-state index is -0.00593. The Bertz CT molecular complexity index is 561. The molecule has 1 atom stereocenters. The Balaban J connectivity index is 2.47. The first-order chi connectivity index (χ1) is 9.02. The maximum absolute atomic E-state index is 6.30. The maximum Gasteiger partial charge on any atom is 0.115 e. The van der Waals surface area contributed by atoms with Crippen LogP contribution in [0.2, 0.25) is 10.0 Å². The molecule has 19 heavy (non-hydrogen) atoms. The highest BCUT2D eigenvalue weighted by molar-refractivity contribution is 7.11. The van der Waals surface area contributed by atoms with Gasteiger partial charge in [0.1, 0.15) is 5.01 Å². The topological polar surface area (TPSA) is 24.9 Å². The molecule has 1 unspecified atom stereocenters. The zero-order valence-electron chi connectivity index (χ0n) is 11.1. The summed E-state index contributed by atoms with van der Waals surface area (Å²) in [5.41, 5.74) is 2.05. The first-order valence-electron chi connectivity index (χ1n) is 6.15. The largest absolute Gasteiger partial charge is 0.304 e. The number of hydrogen-bond acceptors (Lipinski definition) is 3. The summed E-state index contributed by atoms with van der Waals surface area (Å²) in [6.45, 7) is 7.01. The van der Waals surface area contributed by atoms with Crippen LogP contribution in [0, 0.1) is 13.8 Å². The number of aryl methyl sites for hydroxylation is 2. The average molecular weight is 315 g/mol. The quantitative estimate of drug-likeness (QED) is 0.879. The minimum Gasteiger partial charge on any atom is -0.304 e. The Labute approximate surface area is 127 Å². The Morgan fingerprint density at radius 3 is 2.63 bits per heavy atom. The van der Waals surface area contributed by atoms with Crippen LogP contribution in [0.4, 0.5) is 0 Å².